The van der Waals surface area contributed by atoms with Crippen molar-refractivity contribution in [3.05, 3.63) is 65.2 Å². The number of methoxy groups -OCH3 is 1. The molecular formula is C17H12F3NO2S. The molecule has 24 heavy (non-hydrogen) atoms. The maximum absolute atomic E-state index is 13.0. The van der Waals surface area contributed by atoms with E-state index in [0.717, 1.165) is 17.0 Å². The van der Waals surface area contributed by atoms with E-state index in [4.69, 9.17) is 4.74 Å². The van der Waals surface area contributed by atoms with Crippen LogP contribution in [0.3, 0.4) is 0 Å². The Labute approximate surface area is 140 Å². The summed E-state index contributed by atoms with van der Waals surface area (Å²) < 4.78 is 43.7. The summed E-state index contributed by atoms with van der Waals surface area (Å²) in [6, 6.07) is 12.1. The first-order chi connectivity index (χ1) is 11.4. The van der Waals surface area contributed by atoms with Gasteiger partial charge in [-0.2, -0.15) is 13.2 Å². The Morgan fingerprint density at radius 2 is 1.88 bits per heavy atom. The predicted molar refractivity (Wildman–Crippen MR) is 86.0 cm³/mol. The zero-order valence-electron chi connectivity index (χ0n) is 12.5. The van der Waals surface area contributed by atoms with E-state index < -0.39 is 17.7 Å². The van der Waals surface area contributed by atoms with Crippen molar-refractivity contribution in [3.8, 4) is 0 Å². The van der Waals surface area contributed by atoms with E-state index in [9.17, 15) is 18.0 Å². The summed E-state index contributed by atoms with van der Waals surface area (Å²) in [5.74, 6) is -0.536. The van der Waals surface area contributed by atoms with E-state index >= 15 is 0 Å². The van der Waals surface area contributed by atoms with Gasteiger partial charge in [0.05, 0.1) is 18.4 Å². The molecule has 7 heteroatoms. The first-order valence-corrected chi connectivity index (χ1v) is 7.75. The molecule has 3 rings (SSSR count). The van der Waals surface area contributed by atoms with Crippen LogP contribution in [0.2, 0.25) is 0 Å². The summed E-state index contributed by atoms with van der Waals surface area (Å²) >= 11 is 1.22. The predicted octanol–water partition coefficient (Wildman–Crippen LogP) is 4.96. The molecule has 0 aromatic heterocycles. The monoisotopic (exact) mass is 351 g/mol. The number of ether oxygens (including phenoxy) is 1. The number of benzene rings is 2. The molecule has 0 atom stereocenters. The summed E-state index contributed by atoms with van der Waals surface area (Å²) in [5, 5.41) is 0. The number of fused-ring (bicyclic) bond motifs is 1. The Hall–Kier alpha value is -2.41. The second-order valence-corrected chi connectivity index (χ2v) is 6.06. The van der Waals surface area contributed by atoms with Crippen LogP contribution in [0.25, 0.3) is 0 Å². The molecule has 3 nitrogen and oxygen atoms in total. The summed E-state index contributed by atoms with van der Waals surface area (Å²) in [7, 11) is 1.26. The third-order valence-electron chi connectivity index (χ3n) is 3.43. The smallest absolute Gasteiger partial charge is 0.416 e. The van der Waals surface area contributed by atoms with E-state index in [1.165, 1.54) is 31.1 Å². The second kappa shape index (κ2) is 6.24. The zero-order chi connectivity index (χ0) is 17.3. The Bertz CT molecular complexity index is 817. The number of hydrogen-bond donors (Lipinski definition) is 0. The fraction of sp³-hybridized carbons (Fsp3) is 0.118. The average Bonchev–Trinajstić information content (AvgIpc) is 2.59. The molecule has 0 radical (unpaired) electrons. The van der Waals surface area contributed by atoms with Gasteiger partial charge in [-0.25, -0.2) is 4.79 Å². The lowest BCUT2D eigenvalue weighted by Crippen LogP contribution is -2.17. The van der Waals surface area contributed by atoms with Crippen molar-refractivity contribution in [2.24, 2.45) is 0 Å². The summed E-state index contributed by atoms with van der Waals surface area (Å²) in [6.45, 7) is 0. The number of hydrogen-bond acceptors (Lipinski definition) is 4. The largest absolute Gasteiger partial charge is 0.465 e. The van der Waals surface area contributed by atoms with Gasteiger partial charge in [0.2, 0.25) is 0 Å². The topological polar surface area (TPSA) is 29.5 Å². The first-order valence-electron chi connectivity index (χ1n) is 6.93. The van der Waals surface area contributed by atoms with Crippen molar-refractivity contribution in [3.63, 3.8) is 0 Å². The standard InChI is InChI=1S/C17H12F3NO2S/c1-23-16(22)15-10-21(13-7-2-3-8-14(13)24-15)12-6-4-5-11(9-12)17(18,19)20/h2-10H,1H3. The Morgan fingerprint density at radius 3 is 2.58 bits per heavy atom. The minimum Gasteiger partial charge on any atom is -0.465 e. The van der Waals surface area contributed by atoms with E-state index in [2.05, 4.69) is 0 Å². The molecule has 0 fully saturated rings. The van der Waals surface area contributed by atoms with Crippen LogP contribution < -0.4 is 4.90 Å². The molecule has 1 heterocycles. The van der Waals surface area contributed by atoms with Gasteiger partial charge in [0.25, 0.3) is 0 Å². The molecule has 0 amide bonds. The van der Waals surface area contributed by atoms with Gasteiger partial charge < -0.3 is 9.64 Å². The minimum absolute atomic E-state index is 0.300. The molecular weight excluding hydrogens is 339 g/mol. The molecule has 1 aliphatic rings. The number of rotatable bonds is 2. The molecule has 0 N–H and O–H groups in total. The van der Waals surface area contributed by atoms with Crippen LogP contribution in [-0.2, 0) is 15.7 Å². The highest BCUT2D eigenvalue weighted by atomic mass is 32.2. The van der Waals surface area contributed by atoms with Gasteiger partial charge >= 0.3 is 12.1 Å². The Kier molecular flexibility index (Phi) is 4.28. The van der Waals surface area contributed by atoms with Crippen LogP contribution in [0.1, 0.15) is 5.56 Å². The number of nitrogens with zero attached hydrogens (tertiary/aromatic N) is 1. The van der Waals surface area contributed by atoms with Gasteiger partial charge in [0, 0.05) is 16.8 Å². The van der Waals surface area contributed by atoms with Crippen molar-refractivity contribution in [1.29, 1.82) is 0 Å². The van der Waals surface area contributed by atoms with Crippen molar-refractivity contribution < 1.29 is 22.7 Å². The van der Waals surface area contributed by atoms with Crippen LogP contribution in [0.4, 0.5) is 24.5 Å². The number of anilines is 2. The SMILES string of the molecule is COC(=O)C1=CN(c2cccc(C(F)(F)F)c2)c2ccccc2S1. The number of halogens is 3. The third kappa shape index (κ3) is 3.12. The number of alkyl halides is 3. The van der Waals surface area contributed by atoms with Crippen molar-refractivity contribution in [2.75, 3.05) is 12.0 Å². The average molecular weight is 351 g/mol. The van der Waals surface area contributed by atoms with E-state index in [-0.39, 0.29) is 0 Å². The van der Waals surface area contributed by atoms with Crippen LogP contribution in [-0.4, -0.2) is 13.1 Å². The van der Waals surface area contributed by atoms with Gasteiger partial charge in [0.1, 0.15) is 4.91 Å². The molecule has 0 saturated heterocycles. The number of para-hydroxylation sites is 1. The van der Waals surface area contributed by atoms with E-state index in [1.54, 1.807) is 35.2 Å². The van der Waals surface area contributed by atoms with Crippen LogP contribution in [0, 0.1) is 0 Å². The lowest BCUT2D eigenvalue weighted by molar-refractivity contribution is -0.137. The summed E-state index contributed by atoms with van der Waals surface area (Å²) in [4.78, 5) is 14.5. The van der Waals surface area contributed by atoms with Gasteiger partial charge in [-0.1, -0.05) is 30.0 Å². The fourth-order valence-corrected chi connectivity index (χ4v) is 3.29. The molecule has 2 aromatic rings. The van der Waals surface area contributed by atoms with Crippen molar-refractivity contribution >= 4 is 29.1 Å². The lowest BCUT2D eigenvalue weighted by Gasteiger charge is -2.28. The molecule has 0 bridgehead atoms. The molecule has 1 aliphatic heterocycles. The van der Waals surface area contributed by atoms with Crippen LogP contribution in [0.15, 0.2) is 64.5 Å². The first kappa shape index (κ1) is 16.4. The second-order valence-electron chi connectivity index (χ2n) is 4.97. The fourth-order valence-electron chi connectivity index (χ4n) is 2.31. The number of carbonyl (C=O) groups excluding carboxylic acids is 1. The van der Waals surface area contributed by atoms with Crippen molar-refractivity contribution in [2.45, 2.75) is 11.1 Å². The van der Waals surface area contributed by atoms with Crippen LogP contribution >= 0.6 is 11.8 Å². The third-order valence-corrected chi connectivity index (χ3v) is 4.49. The molecule has 0 spiro atoms. The molecule has 0 aliphatic carbocycles. The highest BCUT2D eigenvalue weighted by molar-refractivity contribution is 8.04. The minimum atomic E-state index is -4.44. The summed E-state index contributed by atoms with van der Waals surface area (Å²) in [5.41, 5.74) is 0.275. The van der Waals surface area contributed by atoms with Gasteiger partial charge in [0.15, 0.2) is 0 Å². The van der Waals surface area contributed by atoms with Gasteiger partial charge in [-0.05, 0) is 30.3 Å². The number of carbonyl (C=O) groups is 1. The molecule has 0 unspecified atom stereocenters. The van der Waals surface area contributed by atoms with E-state index in [0.29, 0.717) is 16.3 Å². The Balaban J connectivity index is 2.11. The van der Waals surface area contributed by atoms with Crippen LogP contribution in [0.5, 0.6) is 0 Å². The number of thioether (sulfide) groups is 1. The zero-order valence-corrected chi connectivity index (χ0v) is 13.3. The molecule has 2 aromatic carbocycles. The van der Waals surface area contributed by atoms with Gasteiger partial charge in [-0.3, -0.25) is 0 Å². The maximum Gasteiger partial charge on any atom is 0.416 e. The van der Waals surface area contributed by atoms with Crippen molar-refractivity contribution in [1.82, 2.24) is 0 Å². The maximum atomic E-state index is 13.0. The molecule has 124 valence electrons. The Morgan fingerprint density at radius 1 is 1.12 bits per heavy atom. The highest BCUT2D eigenvalue weighted by Crippen LogP contribution is 2.44. The molecule has 0 saturated carbocycles. The number of esters is 1. The normalized spacial score (nSPS) is 14.0. The van der Waals surface area contributed by atoms with Gasteiger partial charge in [-0.15, -0.1) is 0 Å². The highest BCUT2D eigenvalue weighted by Gasteiger charge is 2.31. The quantitative estimate of drug-likeness (QED) is 0.715. The van der Waals surface area contributed by atoms with E-state index in [1.807, 2.05) is 0 Å². The summed E-state index contributed by atoms with van der Waals surface area (Å²) in [6.07, 6.45) is -2.94. The lowest BCUT2D eigenvalue weighted by atomic mass is 10.1.